The molecule has 0 radical (unpaired) electrons. The van der Waals surface area contributed by atoms with E-state index in [4.69, 9.17) is 0 Å². The summed E-state index contributed by atoms with van der Waals surface area (Å²) in [6, 6.07) is 106. The molecule has 0 aliphatic rings. The lowest BCUT2D eigenvalue weighted by Gasteiger charge is -2.15. The van der Waals surface area contributed by atoms with E-state index in [1.165, 1.54) is 66.8 Å². The highest BCUT2D eigenvalue weighted by Gasteiger charge is 2.14. The van der Waals surface area contributed by atoms with Crippen LogP contribution in [0.15, 0.2) is 297 Å². The molecule has 0 N–H and O–H groups in total. The largest absolute Gasteiger partial charge is 0.256 e. The van der Waals surface area contributed by atoms with Crippen LogP contribution in [-0.4, -0.2) is 4.98 Å². The molecule has 0 atom stereocenters. The third-order valence-corrected chi connectivity index (χ3v) is 13.6. The maximum atomic E-state index is 4.65. The molecule has 11 aromatic carbocycles. The van der Waals surface area contributed by atoms with Gasteiger partial charge in [-0.05, 0) is 202 Å². The zero-order valence-corrected chi connectivity index (χ0v) is 39.7. The summed E-state index contributed by atoms with van der Waals surface area (Å²) in [5.41, 5.74) is 25.5. The lowest BCUT2D eigenvalue weighted by atomic mass is 9.89. The van der Waals surface area contributed by atoms with E-state index in [2.05, 4.69) is 284 Å². The van der Waals surface area contributed by atoms with Crippen molar-refractivity contribution in [2.75, 3.05) is 0 Å². The summed E-state index contributed by atoms with van der Waals surface area (Å²) in [4.78, 5) is 4.65. The second-order valence-corrected chi connectivity index (χ2v) is 18.4. The number of hydrogen-bond donors (Lipinski definition) is 0. The molecule has 0 saturated heterocycles. The van der Waals surface area contributed by atoms with Crippen LogP contribution >= 0.6 is 0 Å². The van der Waals surface area contributed by atoms with Gasteiger partial charge in [0.15, 0.2) is 0 Å². The van der Waals surface area contributed by atoms with Crippen LogP contribution in [0.1, 0.15) is 0 Å². The summed E-state index contributed by atoms with van der Waals surface area (Å²) >= 11 is 0. The van der Waals surface area contributed by atoms with Crippen LogP contribution in [0, 0.1) is 0 Å². The first-order chi connectivity index (χ1) is 35.6. The second-order valence-electron chi connectivity index (χ2n) is 18.4. The highest BCUT2D eigenvalue weighted by Crippen LogP contribution is 2.40. The Morgan fingerprint density at radius 1 is 0.139 bits per heavy atom. The average Bonchev–Trinajstić information content (AvgIpc) is 3.48. The van der Waals surface area contributed by atoms with E-state index in [1.807, 2.05) is 18.3 Å². The second kappa shape index (κ2) is 19.9. The first kappa shape index (κ1) is 43.8. The van der Waals surface area contributed by atoms with Gasteiger partial charge in [0.2, 0.25) is 0 Å². The molecule has 0 saturated carbocycles. The van der Waals surface area contributed by atoms with Crippen LogP contribution < -0.4 is 0 Å². The molecular formula is C71H49N. The molecule has 1 heteroatoms. The molecule has 12 aromatic rings. The maximum absolute atomic E-state index is 4.65. The fraction of sp³-hybridized carbons (Fsp3) is 0. The fourth-order valence-corrected chi connectivity index (χ4v) is 9.93. The number of nitrogens with zero attached hydrogens (tertiary/aromatic N) is 1. The molecule has 0 aliphatic heterocycles. The van der Waals surface area contributed by atoms with Gasteiger partial charge in [0.25, 0.3) is 0 Å². The minimum Gasteiger partial charge on any atom is -0.256 e. The van der Waals surface area contributed by atoms with Gasteiger partial charge >= 0.3 is 0 Å². The lowest BCUT2D eigenvalue weighted by molar-refractivity contribution is 1.33. The quantitative estimate of drug-likeness (QED) is 0.126. The molecule has 338 valence electrons. The molecule has 0 unspecified atom stereocenters. The number of benzene rings is 11. The molecule has 1 heterocycles. The standard InChI is InChI=1S/C71H49N/c1-5-19-50(20-6-1)62-41-63(51-21-7-2-8-22-51)44-66(43-62)57-30-16-32-59(38-57)69-47-68(56-29-15-27-54(37-56)55-28-18-34-61(40-55)71-35-13-14-36-72-71)48-70(49-69)60-33-17-31-58(39-60)67-45-64(52-23-9-3-10-24-52)42-65(46-67)53-25-11-4-12-26-53/h1-49H. The summed E-state index contributed by atoms with van der Waals surface area (Å²) in [6.07, 6.45) is 1.85. The van der Waals surface area contributed by atoms with Gasteiger partial charge in [-0.25, -0.2) is 0 Å². The molecule has 0 spiro atoms. The van der Waals surface area contributed by atoms with Crippen molar-refractivity contribution >= 4 is 0 Å². The number of pyridine rings is 1. The molecule has 0 amide bonds. The molecule has 12 rings (SSSR count). The summed E-state index contributed by atoms with van der Waals surface area (Å²) in [5.74, 6) is 0. The molecule has 72 heavy (non-hydrogen) atoms. The highest BCUT2D eigenvalue weighted by atomic mass is 14.7. The van der Waals surface area contributed by atoms with Crippen LogP contribution in [0.25, 0.3) is 123 Å². The van der Waals surface area contributed by atoms with E-state index in [1.54, 1.807) is 0 Å². The average molecular weight is 916 g/mol. The first-order valence-electron chi connectivity index (χ1n) is 24.6. The van der Waals surface area contributed by atoms with E-state index < -0.39 is 0 Å². The smallest absolute Gasteiger partial charge is 0.0702 e. The van der Waals surface area contributed by atoms with Gasteiger partial charge in [-0.2, -0.15) is 0 Å². The summed E-state index contributed by atoms with van der Waals surface area (Å²) in [5, 5.41) is 0. The predicted molar refractivity (Wildman–Crippen MR) is 304 cm³/mol. The van der Waals surface area contributed by atoms with Crippen LogP contribution in [0.2, 0.25) is 0 Å². The summed E-state index contributed by atoms with van der Waals surface area (Å²) in [6.45, 7) is 0. The van der Waals surface area contributed by atoms with E-state index in [0.717, 1.165) is 55.8 Å². The van der Waals surface area contributed by atoms with E-state index in [9.17, 15) is 0 Å². The van der Waals surface area contributed by atoms with Crippen molar-refractivity contribution in [2.24, 2.45) is 0 Å². The van der Waals surface area contributed by atoms with Crippen molar-refractivity contribution in [2.45, 2.75) is 0 Å². The monoisotopic (exact) mass is 915 g/mol. The fourth-order valence-electron chi connectivity index (χ4n) is 9.93. The Bertz CT molecular complexity index is 3520. The molecule has 0 bridgehead atoms. The van der Waals surface area contributed by atoms with Gasteiger partial charge in [-0.15, -0.1) is 0 Å². The minimum absolute atomic E-state index is 0.962. The van der Waals surface area contributed by atoms with Gasteiger partial charge < -0.3 is 0 Å². The van der Waals surface area contributed by atoms with Gasteiger partial charge in [0, 0.05) is 11.8 Å². The van der Waals surface area contributed by atoms with Crippen molar-refractivity contribution in [1.29, 1.82) is 0 Å². The van der Waals surface area contributed by atoms with Crippen LogP contribution in [0.3, 0.4) is 0 Å². The van der Waals surface area contributed by atoms with Gasteiger partial charge in [0.1, 0.15) is 0 Å². The van der Waals surface area contributed by atoms with E-state index in [0.29, 0.717) is 0 Å². The van der Waals surface area contributed by atoms with Gasteiger partial charge in [-0.1, -0.05) is 200 Å². The topological polar surface area (TPSA) is 12.9 Å². The van der Waals surface area contributed by atoms with Gasteiger partial charge in [-0.3, -0.25) is 4.98 Å². The van der Waals surface area contributed by atoms with Crippen molar-refractivity contribution < 1.29 is 0 Å². The zero-order chi connectivity index (χ0) is 48.1. The Hall–Kier alpha value is -9.43. The molecule has 0 aliphatic carbocycles. The number of rotatable bonds is 11. The maximum Gasteiger partial charge on any atom is 0.0702 e. The van der Waals surface area contributed by atoms with E-state index >= 15 is 0 Å². The Balaban J connectivity index is 0.996. The third kappa shape index (κ3) is 9.48. The van der Waals surface area contributed by atoms with Crippen LogP contribution in [0.5, 0.6) is 0 Å². The highest BCUT2D eigenvalue weighted by molar-refractivity contribution is 5.88. The van der Waals surface area contributed by atoms with Crippen molar-refractivity contribution in [3.8, 4) is 123 Å². The van der Waals surface area contributed by atoms with Crippen molar-refractivity contribution in [1.82, 2.24) is 4.98 Å². The zero-order valence-electron chi connectivity index (χ0n) is 39.7. The lowest BCUT2D eigenvalue weighted by Crippen LogP contribution is -1.90. The Morgan fingerprint density at radius 3 is 0.597 bits per heavy atom. The molecule has 0 fully saturated rings. The Labute approximate surface area is 422 Å². The van der Waals surface area contributed by atoms with Crippen LogP contribution in [-0.2, 0) is 0 Å². The van der Waals surface area contributed by atoms with Crippen molar-refractivity contribution in [3.05, 3.63) is 297 Å². The van der Waals surface area contributed by atoms with Crippen LogP contribution in [0.4, 0.5) is 0 Å². The minimum atomic E-state index is 0.962. The van der Waals surface area contributed by atoms with E-state index in [-0.39, 0.29) is 0 Å². The predicted octanol–water partition coefficient (Wildman–Crippen LogP) is 19.4. The molecular weight excluding hydrogens is 867 g/mol. The SMILES string of the molecule is c1ccc(-c2cc(-c3ccccc3)cc(-c3cccc(-c4cc(-c5cccc(-c6cc(-c7ccccc7)cc(-c7ccccc7)c6)c5)cc(-c5cccc(-c6cccc(-c7ccccn7)c6)c5)c4)c3)c2)cc1. The van der Waals surface area contributed by atoms with Gasteiger partial charge in [0.05, 0.1) is 5.69 Å². The van der Waals surface area contributed by atoms with Crippen molar-refractivity contribution in [3.63, 3.8) is 0 Å². The summed E-state index contributed by atoms with van der Waals surface area (Å²) in [7, 11) is 0. The Kier molecular flexibility index (Phi) is 12.1. The molecule has 1 aromatic heterocycles. The number of hydrogen-bond acceptors (Lipinski definition) is 1. The first-order valence-corrected chi connectivity index (χ1v) is 24.6. The summed E-state index contributed by atoms with van der Waals surface area (Å²) < 4.78 is 0. The third-order valence-electron chi connectivity index (χ3n) is 13.6. The number of aromatic nitrogens is 1. The Morgan fingerprint density at radius 2 is 0.333 bits per heavy atom. The molecule has 1 nitrogen and oxygen atoms in total. The normalized spacial score (nSPS) is 11.1.